The third-order valence-corrected chi connectivity index (χ3v) is 2.57. The first-order valence-corrected chi connectivity index (χ1v) is 6.10. The van der Waals surface area contributed by atoms with E-state index in [9.17, 15) is 5.11 Å². The monoisotopic (exact) mass is 198 g/mol. The third-order valence-electron chi connectivity index (χ3n) is 2.57. The minimum Gasteiger partial charge on any atom is -0.393 e. The Labute approximate surface area is 89.2 Å². The summed E-state index contributed by atoms with van der Waals surface area (Å²) in [6, 6.07) is 0. The molecule has 0 aliphatic carbocycles. The van der Waals surface area contributed by atoms with Gasteiger partial charge in [0, 0.05) is 0 Å². The maximum absolute atomic E-state index is 9.48. The first-order chi connectivity index (χ1) is 6.81. The van der Waals surface area contributed by atoms with Crippen LogP contribution in [0.2, 0.25) is 0 Å². The third kappa shape index (κ3) is 9.79. The summed E-state index contributed by atoms with van der Waals surface area (Å²) < 4.78 is 0. The van der Waals surface area contributed by atoms with Gasteiger partial charge in [0.15, 0.2) is 0 Å². The van der Waals surface area contributed by atoms with Gasteiger partial charge in [0.25, 0.3) is 0 Å². The van der Waals surface area contributed by atoms with Crippen molar-refractivity contribution in [3.05, 3.63) is 12.7 Å². The van der Waals surface area contributed by atoms with Crippen molar-refractivity contribution in [1.29, 1.82) is 0 Å². The molecule has 0 aliphatic heterocycles. The standard InChI is InChI=1S/C13H26O/c1-3-5-6-7-8-9-10-12-13(14)11-4-2/h3,13-14H,1,4-12H2,2H3. The van der Waals surface area contributed by atoms with Crippen molar-refractivity contribution >= 4 is 0 Å². The molecule has 1 heteroatoms. The van der Waals surface area contributed by atoms with Crippen LogP contribution in [-0.2, 0) is 0 Å². The number of unbranched alkanes of at least 4 members (excludes halogenated alkanes) is 5. The van der Waals surface area contributed by atoms with Gasteiger partial charge in [0.1, 0.15) is 0 Å². The lowest BCUT2D eigenvalue weighted by Gasteiger charge is -2.08. The number of hydrogen-bond acceptors (Lipinski definition) is 1. The van der Waals surface area contributed by atoms with Crippen LogP contribution in [-0.4, -0.2) is 11.2 Å². The summed E-state index contributed by atoms with van der Waals surface area (Å²) in [6.45, 7) is 5.83. The fourth-order valence-corrected chi connectivity index (χ4v) is 1.68. The minimum absolute atomic E-state index is 0.0480. The van der Waals surface area contributed by atoms with Gasteiger partial charge < -0.3 is 5.11 Å². The molecule has 0 aliphatic rings. The lowest BCUT2D eigenvalue weighted by atomic mass is 10.0. The van der Waals surface area contributed by atoms with Gasteiger partial charge in [-0.05, 0) is 25.7 Å². The van der Waals surface area contributed by atoms with Crippen molar-refractivity contribution in [3.8, 4) is 0 Å². The van der Waals surface area contributed by atoms with Gasteiger partial charge in [-0.1, -0.05) is 45.1 Å². The number of aliphatic hydroxyl groups is 1. The number of rotatable bonds is 10. The summed E-state index contributed by atoms with van der Waals surface area (Å²) in [7, 11) is 0. The highest BCUT2D eigenvalue weighted by molar-refractivity contribution is 4.65. The molecule has 0 aromatic heterocycles. The lowest BCUT2D eigenvalue weighted by molar-refractivity contribution is 0.150. The Bertz CT molecular complexity index is 120. The van der Waals surface area contributed by atoms with Gasteiger partial charge in [-0.3, -0.25) is 0 Å². The molecule has 0 heterocycles. The maximum Gasteiger partial charge on any atom is 0.0540 e. The molecule has 1 atom stereocenters. The van der Waals surface area contributed by atoms with Crippen LogP contribution in [0.1, 0.15) is 64.7 Å². The van der Waals surface area contributed by atoms with Gasteiger partial charge in [0.05, 0.1) is 6.10 Å². The zero-order valence-electron chi connectivity index (χ0n) is 9.67. The Kier molecular flexibility index (Phi) is 10.5. The Morgan fingerprint density at radius 3 is 2.36 bits per heavy atom. The van der Waals surface area contributed by atoms with E-state index in [1.807, 2.05) is 6.08 Å². The summed E-state index contributed by atoms with van der Waals surface area (Å²) in [5, 5.41) is 9.48. The van der Waals surface area contributed by atoms with Crippen molar-refractivity contribution in [2.75, 3.05) is 0 Å². The lowest BCUT2D eigenvalue weighted by Crippen LogP contribution is -2.04. The van der Waals surface area contributed by atoms with Gasteiger partial charge in [-0.25, -0.2) is 0 Å². The molecule has 84 valence electrons. The summed E-state index contributed by atoms with van der Waals surface area (Å²) in [6.07, 6.45) is 12.5. The zero-order chi connectivity index (χ0) is 10.6. The summed E-state index contributed by atoms with van der Waals surface area (Å²) >= 11 is 0. The zero-order valence-corrected chi connectivity index (χ0v) is 9.67. The van der Waals surface area contributed by atoms with E-state index >= 15 is 0 Å². The van der Waals surface area contributed by atoms with Gasteiger partial charge >= 0.3 is 0 Å². The quantitative estimate of drug-likeness (QED) is 0.414. The molecular formula is C13H26O. The van der Waals surface area contributed by atoms with E-state index in [4.69, 9.17) is 0 Å². The van der Waals surface area contributed by atoms with Crippen LogP contribution in [0.25, 0.3) is 0 Å². The van der Waals surface area contributed by atoms with Crippen LogP contribution in [0.5, 0.6) is 0 Å². The fourth-order valence-electron chi connectivity index (χ4n) is 1.68. The van der Waals surface area contributed by atoms with Crippen LogP contribution in [0.3, 0.4) is 0 Å². The van der Waals surface area contributed by atoms with E-state index in [0.29, 0.717) is 0 Å². The van der Waals surface area contributed by atoms with Gasteiger partial charge in [0.2, 0.25) is 0 Å². The van der Waals surface area contributed by atoms with E-state index in [2.05, 4.69) is 13.5 Å². The van der Waals surface area contributed by atoms with E-state index in [1.54, 1.807) is 0 Å². The largest absolute Gasteiger partial charge is 0.393 e. The maximum atomic E-state index is 9.48. The van der Waals surface area contributed by atoms with Crippen molar-refractivity contribution in [2.45, 2.75) is 70.8 Å². The molecule has 0 aromatic rings. The van der Waals surface area contributed by atoms with E-state index < -0.39 is 0 Å². The van der Waals surface area contributed by atoms with Crippen molar-refractivity contribution in [2.24, 2.45) is 0 Å². The number of hydrogen-bond donors (Lipinski definition) is 1. The second kappa shape index (κ2) is 10.8. The van der Waals surface area contributed by atoms with Crippen molar-refractivity contribution in [1.82, 2.24) is 0 Å². The highest BCUT2D eigenvalue weighted by atomic mass is 16.3. The molecule has 0 amide bonds. The van der Waals surface area contributed by atoms with Crippen LogP contribution in [0.4, 0.5) is 0 Å². The summed E-state index contributed by atoms with van der Waals surface area (Å²) in [4.78, 5) is 0. The van der Waals surface area contributed by atoms with Crippen LogP contribution in [0.15, 0.2) is 12.7 Å². The van der Waals surface area contributed by atoms with E-state index in [-0.39, 0.29) is 6.10 Å². The Morgan fingerprint density at radius 2 is 1.71 bits per heavy atom. The van der Waals surface area contributed by atoms with Crippen LogP contribution >= 0.6 is 0 Å². The Hall–Kier alpha value is -0.300. The molecule has 0 aromatic carbocycles. The van der Waals surface area contributed by atoms with E-state index in [0.717, 1.165) is 25.7 Å². The number of aliphatic hydroxyl groups excluding tert-OH is 1. The van der Waals surface area contributed by atoms with Gasteiger partial charge in [-0.15, -0.1) is 6.58 Å². The summed E-state index contributed by atoms with van der Waals surface area (Å²) in [5.41, 5.74) is 0. The van der Waals surface area contributed by atoms with Gasteiger partial charge in [-0.2, -0.15) is 0 Å². The topological polar surface area (TPSA) is 20.2 Å². The predicted molar refractivity (Wildman–Crippen MR) is 63.4 cm³/mol. The molecule has 1 unspecified atom stereocenters. The van der Waals surface area contributed by atoms with Crippen LogP contribution < -0.4 is 0 Å². The highest BCUT2D eigenvalue weighted by Crippen LogP contribution is 2.11. The molecule has 0 saturated heterocycles. The average molecular weight is 198 g/mol. The molecular weight excluding hydrogens is 172 g/mol. The number of allylic oxidation sites excluding steroid dienone is 1. The minimum atomic E-state index is -0.0480. The molecule has 0 spiro atoms. The summed E-state index contributed by atoms with van der Waals surface area (Å²) in [5.74, 6) is 0. The normalized spacial score (nSPS) is 12.7. The fraction of sp³-hybridized carbons (Fsp3) is 0.846. The average Bonchev–Trinajstić information content (AvgIpc) is 2.17. The molecule has 1 N–H and O–H groups in total. The predicted octanol–water partition coefficient (Wildman–Crippen LogP) is 4.06. The molecule has 0 fully saturated rings. The Morgan fingerprint density at radius 1 is 1.07 bits per heavy atom. The van der Waals surface area contributed by atoms with Crippen molar-refractivity contribution < 1.29 is 5.11 Å². The first kappa shape index (κ1) is 13.7. The molecule has 0 saturated carbocycles. The van der Waals surface area contributed by atoms with E-state index in [1.165, 1.54) is 32.1 Å². The second-order valence-corrected chi connectivity index (χ2v) is 4.08. The van der Waals surface area contributed by atoms with Crippen LogP contribution in [0, 0.1) is 0 Å². The first-order valence-electron chi connectivity index (χ1n) is 6.10. The molecule has 0 bridgehead atoms. The van der Waals surface area contributed by atoms with Crippen molar-refractivity contribution in [3.63, 3.8) is 0 Å². The smallest absolute Gasteiger partial charge is 0.0540 e. The molecule has 0 rings (SSSR count). The molecule has 14 heavy (non-hydrogen) atoms. The molecule has 0 radical (unpaired) electrons. The SMILES string of the molecule is C=CCCCCCCCC(O)CCC. The second-order valence-electron chi connectivity index (χ2n) is 4.08. The molecule has 1 nitrogen and oxygen atoms in total. The Balaban J connectivity index is 3.01. The highest BCUT2D eigenvalue weighted by Gasteiger charge is 2.01.